The molecule has 0 amide bonds. The minimum absolute atomic E-state index is 0.654. The second kappa shape index (κ2) is 30.9. The normalized spacial score (nSPS) is 11.9. The lowest BCUT2D eigenvalue weighted by Gasteiger charge is -2.22. The Labute approximate surface area is 254 Å². The van der Waals surface area contributed by atoms with Crippen LogP contribution in [0.15, 0.2) is 0 Å². The molecule has 0 radical (unpaired) electrons. The van der Waals surface area contributed by atoms with Gasteiger partial charge in [0.1, 0.15) is 4.32 Å². The number of halogens is 1. The number of carbonyl (C=O) groups is 1. The number of carboxylic acid groups (broad SMARTS) is 1. The Hall–Kier alpha value is -0.0500. The number of rotatable bonds is 33. The summed E-state index contributed by atoms with van der Waals surface area (Å²) in [7, 11) is 0. The molecule has 0 aliphatic rings. The molecule has 0 rings (SSSR count). The van der Waals surface area contributed by atoms with Gasteiger partial charge in [-0.05, 0) is 12.8 Å². The molecule has 234 valence electrons. The highest BCUT2D eigenvalue weighted by molar-refractivity contribution is 9.10. The third kappa shape index (κ3) is 27.9. The van der Waals surface area contributed by atoms with Crippen LogP contribution in [0.5, 0.6) is 0 Å². The van der Waals surface area contributed by atoms with Gasteiger partial charge in [-0.1, -0.05) is 222 Å². The van der Waals surface area contributed by atoms with E-state index in [1.165, 1.54) is 180 Å². The fraction of sp³-hybridized carbons (Fsp3) is 0.972. The molecular weight excluding hydrogens is 544 g/mol. The van der Waals surface area contributed by atoms with Gasteiger partial charge >= 0.3 is 5.97 Å². The summed E-state index contributed by atoms with van der Waals surface area (Å²) in [6.07, 6.45) is 42.1. The number of hydrogen-bond donors (Lipinski definition) is 1. The van der Waals surface area contributed by atoms with Crippen molar-refractivity contribution in [1.82, 2.24) is 0 Å². The lowest BCUT2D eigenvalue weighted by molar-refractivity contribution is -0.140. The molecule has 0 aromatic heterocycles. The maximum Gasteiger partial charge on any atom is 0.320 e. The lowest BCUT2D eigenvalue weighted by atomic mass is 9.93. The van der Waals surface area contributed by atoms with E-state index in [1.54, 1.807) is 0 Å². The van der Waals surface area contributed by atoms with Gasteiger partial charge in [-0.15, -0.1) is 0 Å². The molecule has 0 saturated carbocycles. The van der Waals surface area contributed by atoms with Crippen LogP contribution in [0.3, 0.4) is 0 Å². The first-order valence-corrected chi connectivity index (χ1v) is 18.8. The van der Waals surface area contributed by atoms with Crippen LogP contribution in [-0.4, -0.2) is 15.4 Å². The van der Waals surface area contributed by atoms with Crippen molar-refractivity contribution in [2.45, 2.75) is 224 Å². The zero-order valence-electron chi connectivity index (χ0n) is 26.9. The molecule has 0 spiro atoms. The molecule has 0 bridgehead atoms. The molecule has 0 aliphatic heterocycles. The highest BCUT2D eigenvalue weighted by Gasteiger charge is 2.34. The quantitative estimate of drug-likeness (QED) is 0.0589. The van der Waals surface area contributed by atoms with E-state index in [0.717, 1.165) is 25.7 Å². The third-order valence-corrected chi connectivity index (χ3v) is 9.87. The van der Waals surface area contributed by atoms with Crippen molar-refractivity contribution in [3.8, 4) is 0 Å². The van der Waals surface area contributed by atoms with Crippen molar-refractivity contribution in [3.63, 3.8) is 0 Å². The number of carboxylic acids is 1. The van der Waals surface area contributed by atoms with Crippen molar-refractivity contribution in [1.29, 1.82) is 0 Å². The molecule has 0 aliphatic carbocycles. The highest BCUT2D eigenvalue weighted by atomic mass is 79.9. The SMILES string of the molecule is CCCCCCCCCCCCCCCCCC(Br)(CCCCCCCCCCCCCCCCC)C(=O)O. The fourth-order valence-electron chi connectivity index (χ4n) is 5.89. The van der Waals surface area contributed by atoms with E-state index in [1.807, 2.05) is 0 Å². The summed E-state index contributed by atoms with van der Waals surface area (Å²) in [5.74, 6) is -0.654. The summed E-state index contributed by atoms with van der Waals surface area (Å²) in [6, 6.07) is 0. The van der Waals surface area contributed by atoms with E-state index in [0.29, 0.717) is 0 Å². The topological polar surface area (TPSA) is 37.3 Å². The van der Waals surface area contributed by atoms with Crippen LogP contribution in [-0.2, 0) is 4.79 Å². The molecule has 39 heavy (non-hydrogen) atoms. The molecule has 1 N–H and O–H groups in total. The predicted octanol–water partition coefficient (Wildman–Crippen LogP) is 13.7. The largest absolute Gasteiger partial charge is 0.480 e. The second-order valence-electron chi connectivity index (χ2n) is 12.7. The lowest BCUT2D eigenvalue weighted by Crippen LogP contribution is -2.31. The fourth-order valence-corrected chi connectivity index (χ4v) is 6.45. The summed E-state index contributed by atoms with van der Waals surface area (Å²) in [5.41, 5.74) is 0. The first kappa shape index (κ1) is 39.0. The van der Waals surface area contributed by atoms with Crippen molar-refractivity contribution in [2.24, 2.45) is 0 Å². The van der Waals surface area contributed by atoms with Gasteiger partial charge in [0.2, 0.25) is 0 Å². The van der Waals surface area contributed by atoms with Gasteiger partial charge in [-0.2, -0.15) is 0 Å². The average molecular weight is 616 g/mol. The van der Waals surface area contributed by atoms with Gasteiger partial charge in [0.15, 0.2) is 0 Å². The summed E-state index contributed by atoms with van der Waals surface area (Å²) in [5, 5.41) is 9.82. The van der Waals surface area contributed by atoms with Gasteiger partial charge in [0, 0.05) is 0 Å². The first-order chi connectivity index (χ1) is 19.1. The minimum atomic E-state index is -0.694. The van der Waals surface area contributed by atoms with E-state index in [-0.39, 0.29) is 0 Å². The molecule has 3 heteroatoms. The van der Waals surface area contributed by atoms with E-state index in [9.17, 15) is 9.90 Å². The van der Waals surface area contributed by atoms with Crippen LogP contribution in [0.4, 0.5) is 0 Å². The van der Waals surface area contributed by atoms with E-state index >= 15 is 0 Å². The van der Waals surface area contributed by atoms with Gasteiger partial charge < -0.3 is 5.11 Å². The molecule has 0 fully saturated rings. The molecule has 0 heterocycles. The molecule has 0 aromatic rings. The van der Waals surface area contributed by atoms with Crippen LogP contribution in [0, 0.1) is 0 Å². The summed E-state index contributed by atoms with van der Waals surface area (Å²) in [4.78, 5) is 11.9. The molecule has 0 aromatic carbocycles. The van der Waals surface area contributed by atoms with Gasteiger partial charge in [-0.25, -0.2) is 0 Å². The zero-order valence-corrected chi connectivity index (χ0v) is 28.4. The smallest absolute Gasteiger partial charge is 0.320 e. The van der Waals surface area contributed by atoms with E-state index in [2.05, 4.69) is 29.8 Å². The van der Waals surface area contributed by atoms with Gasteiger partial charge in [-0.3, -0.25) is 4.79 Å². The van der Waals surface area contributed by atoms with Crippen LogP contribution in [0.1, 0.15) is 219 Å². The Bertz CT molecular complexity index is 458. The third-order valence-electron chi connectivity index (χ3n) is 8.74. The van der Waals surface area contributed by atoms with Crippen LogP contribution in [0.25, 0.3) is 0 Å². The second-order valence-corrected chi connectivity index (χ2v) is 14.2. The van der Waals surface area contributed by atoms with Gasteiger partial charge in [0.25, 0.3) is 0 Å². The number of unbranched alkanes of at least 4 members (excludes halogenated alkanes) is 28. The van der Waals surface area contributed by atoms with Crippen molar-refractivity contribution in [3.05, 3.63) is 0 Å². The Morgan fingerprint density at radius 2 is 0.590 bits per heavy atom. The predicted molar refractivity (Wildman–Crippen MR) is 178 cm³/mol. The number of hydrogen-bond acceptors (Lipinski definition) is 1. The van der Waals surface area contributed by atoms with E-state index < -0.39 is 10.3 Å². The van der Waals surface area contributed by atoms with Crippen molar-refractivity contribution < 1.29 is 9.90 Å². The van der Waals surface area contributed by atoms with Crippen LogP contribution >= 0.6 is 15.9 Å². The minimum Gasteiger partial charge on any atom is -0.480 e. The summed E-state index contributed by atoms with van der Waals surface area (Å²) >= 11 is 3.63. The average Bonchev–Trinajstić information content (AvgIpc) is 2.93. The zero-order chi connectivity index (χ0) is 28.7. The highest BCUT2D eigenvalue weighted by Crippen LogP contribution is 2.32. The molecule has 2 nitrogen and oxygen atoms in total. The first-order valence-electron chi connectivity index (χ1n) is 18.0. The maximum absolute atomic E-state index is 11.9. The maximum atomic E-state index is 11.9. The molecule has 0 atom stereocenters. The standard InChI is InChI=1S/C36H71BrO2/c1-3-5-7-9-11-13-15-17-19-21-23-25-27-29-31-33-36(37,35(38)39)34-32-30-28-26-24-22-20-18-16-14-12-10-8-6-4-2/h3-34H2,1-2H3,(H,38,39). The number of alkyl halides is 1. The Kier molecular flexibility index (Phi) is 30.9. The summed E-state index contributed by atoms with van der Waals surface area (Å²) < 4.78 is -0.694. The van der Waals surface area contributed by atoms with Crippen molar-refractivity contribution >= 4 is 21.9 Å². The Morgan fingerprint density at radius 1 is 0.410 bits per heavy atom. The molecule has 0 unspecified atom stereocenters. The number of aliphatic carboxylic acids is 1. The van der Waals surface area contributed by atoms with Gasteiger partial charge in [0.05, 0.1) is 0 Å². The van der Waals surface area contributed by atoms with Crippen LogP contribution < -0.4 is 0 Å². The van der Waals surface area contributed by atoms with Crippen LogP contribution in [0.2, 0.25) is 0 Å². The Balaban J connectivity index is 3.53. The molecular formula is C36H71BrO2. The monoisotopic (exact) mass is 614 g/mol. The Morgan fingerprint density at radius 3 is 0.769 bits per heavy atom. The summed E-state index contributed by atoms with van der Waals surface area (Å²) in [6.45, 7) is 4.57. The molecule has 0 saturated heterocycles. The van der Waals surface area contributed by atoms with E-state index in [4.69, 9.17) is 0 Å². The van der Waals surface area contributed by atoms with Crippen molar-refractivity contribution in [2.75, 3.05) is 0 Å².